The Morgan fingerprint density at radius 2 is 2.40 bits per heavy atom. The monoisotopic (exact) mass is 212 g/mol. The predicted octanol–water partition coefficient (Wildman–Crippen LogP) is -1.04. The Hall–Kier alpha value is -1.82. The van der Waals surface area contributed by atoms with Gasteiger partial charge in [-0.05, 0) is 0 Å². The minimum absolute atomic E-state index is 0.00282. The number of methoxy groups -OCH3 is 1. The van der Waals surface area contributed by atoms with Crippen LogP contribution in [0.5, 0.6) is 0 Å². The van der Waals surface area contributed by atoms with Crippen molar-refractivity contribution in [3.8, 4) is 0 Å². The number of hydrogen-bond donors (Lipinski definition) is 2. The van der Waals surface area contributed by atoms with E-state index in [0.29, 0.717) is 0 Å². The molecule has 0 spiro atoms. The largest absolute Gasteiger partial charge is 0.467 e. The van der Waals surface area contributed by atoms with Gasteiger partial charge in [0.25, 0.3) is 0 Å². The molecule has 3 N–H and O–H groups in total. The Bertz CT molecular complexity index is 413. The Balaban J connectivity index is 2.77. The fourth-order valence-electron chi connectivity index (χ4n) is 1.07. The normalized spacial score (nSPS) is 12.1. The van der Waals surface area contributed by atoms with Gasteiger partial charge in [-0.1, -0.05) is 0 Å². The molecule has 0 amide bonds. The number of nitrogens with two attached hydrogens (primary N) is 1. The quantitative estimate of drug-likeness (QED) is 0.624. The molecule has 1 aromatic heterocycles. The first-order valence-corrected chi connectivity index (χ1v) is 4.26. The Kier molecular flexibility index (Phi) is 3.46. The fraction of sp³-hybridized carbons (Fsp3) is 0.333. The zero-order chi connectivity index (χ0) is 11.4. The van der Waals surface area contributed by atoms with Crippen molar-refractivity contribution < 1.29 is 14.6 Å². The third kappa shape index (κ3) is 2.81. The lowest BCUT2D eigenvalue weighted by Crippen LogP contribution is -2.27. The highest BCUT2D eigenvalue weighted by Gasteiger charge is 2.15. The minimum atomic E-state index is -1.27. The second-order valence-electron chi connectivity index (χ2n) is 3.00. The van der Waals surface area contributed by atoms with Crippen molar-refractivity contribution in [2.75, 3.05) is 12.8 Å². The molecular weight excluding hydrogens is 200 g/mol. The van der Waals surface area contributed by atoms with E-state index in [0.717, 1.165) is 0 Å². The SMILES string of the molecule is COC(=O)C(O)Cn1ccc(=O)c(N)c1. The zero-order valence-corrected chi connectivity index (χ0v) is 8.21. The molecule has 0 aliphatic carbocycles. The maximum absolute atomic E-state index is 11.0. The predicted molar refractivity (Wildman–Crippen MR) is 53.1 cm³/mol. The van der Waals surface area contributed by atoms with Gasteiger partial charge in [0, 0.05) is 18.5 Å². The molecule has 0 aliphatic heterocycles. The molecule has 0 saturated heterocycles. The van der Waals surface area contributed by atoms with E-state index in [1.807, 2.05) is 0 Å². The number of nitrogens with zero attached hydrogens (tertiary/aromatic N) is 1. The average molecular weight is 212 g/mol. The topological polar surface area (TPSA) is 94.5 Å². The van der Waals surface area contributed by atoms with Gasteiger partial charge in [-0.2, -0.15) is 0 Å². The number of nitrogen functional groups attached to an aromatic ring is 1. The Morgan fingerprint density at radius 1 is 1.73 bits per heavy atom. The van der Waals surface area contributed by atoms with Crippen molar-refractivity contribution in [3.63, 3.8) is 0 Å². The van der Waals surface area contributed by atoms with E-state index in [9.17, 15) is 14.7 Å². The summed E-state index contributed by atoms with van der Waals surface area (Å²) in [5.41, 5.74) is 5.15. The summed E-state index contributed by atoms with van der Waals surface area (Å²) in [7, 11) is 1.19. The molecule has 6 heteroatoms. The minimum Gasteiger partial charge on any atom is -0.467 e. The average Bonchev–Trinajstić information content (AvgIpc) is 2.22. The number of hydrogen-bond acceptors (Lipinski definition) is 5. The summed E-state index contributed by atoms with van der Waals surface area (Å²) in [4.78, 5) is 21.8. The lowest BCUT2D eigenvalue weighted by Gasteiger charge is -2.11. The number of aliphatic hydroxyl groups is 1. The van der Waals surface area contributed by atoms with Crippen molar-refractivity contribution in [1.82, 2.24) is 4.57 Å². The van der Waals surface area contributed by atoms with Gasteiger partial charge in [0.1, 0.15) is 0 Å². The number of pyridine rings is 1. The molecule has 15 heavy (non-hydrogen) atoms. The molecule has 0 aliphatic rings. The first-order valence-electron chi connectivity index (χ1n) is 4.26. The lowest BCUT2D eigenvalue weighted by atomic mass is 10.3. The molecule has 0 fully saturated rings. The van der Waals surface area contributed by atoms with Gasteiger partial charge in [-0.25, -0.2) is 4.79 Å². The van der Waals surface area contributed by atoms with Crippen LogP contribution in [0.25, 0.3) is 0 Å². The first kappa shape index (κ1) is 11.3. The third-order valence-corrected chi connectivity index (χ3v) is 1.86. The molecule has 1 heterocycles. The maximum atomic E-state index is 11.0. The Morgan fingerprint density at radius 3 is 2.93 bits per heavy atom. The van der Waals surface area contributed by atoms with Crippen LogP contribution in [0.4, 0.5) is 5.69 Å². The summed E-state index contributed by atoms with van der Waals surface area (Å²) in [6.07, 6.45) is 1.52. The van der Waals surface area contributed by atoms with Gasteiger partial charge >= 0.3 is 5.97 Å². The van der Waals surface area contributed by atoms with E-state index in [4.69, 9.17) is 5.73 Å². The van der Waals surface area contributed by atoms with E-state index in [2.05, 4.69) is 4.74 Å². The molecule has 0 bridgehead atoms. The van der Waals surface area contributed by atoms with Crippen LogP contribution in [0.3, 0.4) is 0 Å². The number of carbonyl (C=O) groups excluding carboxylic acids is 1. The van der Waals surface area contributed by atoms with Crippen molar-refractivity contribution in [1.29, 1.82) is 0 Å². The summed E-state index contributed by atoms with van der Waals surface area (Å²) in [5, 5.41) is 9.32. The highest BCUT2D eigenvalue weighted by atomic mass is 16.5. The molecule has 1 rings (SSSR count). The first-order chi connectivity index (χ1) is 7.04. The van der Waals surface area contributed by atoms with Crippen LogP contribution in [0.1, 0.15) is 0 Å². The number of rotatable bonds is 3. The van der Waals surface area contributed by atoms with Crippen LogP contribution in [0, 0.1) is 0 Å². The van der Waals surface area contributed by atoms with Crippen LogP contribution < -0.4 is 11.2 Å². The fourth-order valence-corrected chi connectivity index (χ4v) is 1.07. The molecule has 0 radical (unpaired) electrons. The Labute approximate surface area is 85.9 Å². The van der Waals surface area contributed by atoms with Crippen LogP contribution in [-0.2, 0) is 16.1 Å². The number of carbonyl (C=O) groups is 1. The van der Waals surface area contributed by atoms with Crippen molar-refractivity contribution in [3.05, 3.63) is 28.7 Å². The van der Waals surface area contributed by atoms with E-state index < -0.39 is 12.1 Å². The molecule has 1 aromatic rings. The van der Waals surface area contributed by atoms with E-state index >= 15 is 0 Å². The van der Waals surface area contributed by atoms with Crippen molar-refractivity contribution in [2.24, 2.45) is 0 Å². The number of ether oxygens (including phenoxy) is 1. The smallest absolute Gasteiger partial charge is 0.336 e. The summed E-state index contributed by atoms with van der Waals surface area (Å²) < 4.78 is 5.79. The van der Waals surface area contributed by atoms with Crippen LogP contribution in [0.15, 0.2) is 23.3 Å². The number of aromatic nitrogens is 1. The van der Waals surface area contributed by atoms with E-state index in [-0.39, 0.29) is 17.7 Å². The molecule has 6 nitrogen and oxygen atoms in total. The standard InChI is InChI=1S/C9H12N2O4/c1-15-9(14)8(13)5-11-3-2-7(12)6(10)4-11/h2-4,8,13H,5,10H2,1H3. The van der Waals surface area contributed by atoms with E-state index in [1.165, 1.54) is 30.1 Å². The summed E-state index contributed by atoms with van der Waals surface area (Å²) in [6, 6.07) is 1.26. The molecule has 82 valence electrons. The summed E-state index contributed by atoms with van der Waals surface area (Å²) in [5.74, 6) is -0.729. The van der Waals surface area contributed by atoms with Gasteiger partial charge in [-0.15, -0.1) is 0 Å². The van der Waals surface area contributed by atoms with Gasteiger partial charge in [0.05, 0.1) is 19.3 Å². The molecule has 0 saturated carbocycles. The van der Waals surface area contributed by atoms with Gasteiger partial charge < -0.3 is 20.1 Å². The lowest BCUT2D eigenvalue weighted by molar-refractivity contribution is -0.151. The third-order valence-electron chi connectivity index (χ3n) is 1.86. The van der Waals surface area contributed by atoms with Gasteiger partial charge in [-0.3, -0.25) is 4.79 Å². The second kappa shape index (κ2) is 4.61. The zero-order valence-electron chi connectivity index (χ0n) is 8.21. The van der Waals surface area contributed by atoms with Crippen LogP contribution in [-0.4, -0.2) is 28.9 Å². The number of anilines is 1. The number of aliphatic hydroxyl groups excluding tert-OH is 1. The van der Waals surface area contributed by atoms with Gasteiger partial charge in [0.2, 0.25) is 5.43 Å². The molecule has 1 atom stereocenters. The maximum Gasteiger partial charge on any atom is 0.336 e. The number of esters is 1. The molecule has 0 aromatic carbocycles. The second-order valence-corrected chi connectivity index (χ2v) is 3.00. The van der Waals surface area contributed by atoms with Crippen molar-refractivity contribution in [2.45, 2.75) is 12.6 Å². The highest BCUT2D eigenvalue weighted by Crippen LogP contribution is 1.97. The summed E-state index contributed by atoms with van der Waals surface area (Å²) in [6.45, 7) is -0.00282. The molecular formula is C9H12N2O4. The van der Waals surface area contributed by atoms with Crippen LogP contribution in [0.2, 0.25) is 0 Å². The summed E-state index contributed by atoms with van der Waals surface area (Å²) >= 11 is 0. The molecule has 1 unspecified atom stereocenters. The highest BCUT2D eigenvalue weighted by molar-refractivity contribution is 5.74. The van der Waals surface area contributed by atoms with Gasteiger partial charge in [0.15, 0.2) is 6.10 Å². The van der Waals surface area contributed by atoms with E-state index in [1.54, 1.807) is 0 Å². The van der Waals surface area contributed by atoms with Crippen molar-refractivity contribution >= 4 is 11.7 Å². The van der Waals surface area contributed by atoms with Crippen LogP contribution >= 0.6 is 0 Å².